The van der Waals surface area contributed by atoms with Crippen LogP contribution in [0.5, 0.6) is 0 Å². The van der Waals surface area contributed by atoms with E-state index in [1.807, 2.05) is 24.3 Å². The maximum absolute atomic E-state index is 13.3. The van der Waals surface area contributed by atoms with Crippen LogP contribution in [0.15, 0.2) is 48.5 Å². The number of benzene rings is 2. The van der Waals surface area contributed by atoms with Crippen molar-refractivity contribution in [1.82, 2.24) is 5.32 Å². The lowest BCUT2D eigenvalue weighted by Gasteiger charge is -2.30. The van der Waals surface area contributed by atoms with Crippen LogP contribution in [0, 0.1) is 0 Å². The summed E-state index contributed by atoms with van der Waals surface area (Å²) in [6.07, 6.45) is 1.68. The molecule has 0 aliphatic heterocycles. The average Bonchev–Trinajstić information content (AvgIpc) is 2.93. The van der Waals surface area contributed by atoms with Crippen molar-refractivity contribution in [1.29, 1.82) is 0 Å². The minimum absolute atomic E-state index is 0.00549. The zero-order valence-corrected chi connectivity index (χ0v) is 14.6. The molecule has 1 amide bonds. The molecule has 0 aromatic heterocycles. The molecule has 0 saturated heterocycles. The Kier molecular flexibility index (Phi) is 5.51. The van der Waals surface area contributed by atoms with E-state index >= 15 is 0 Å². The molecule has 1 aliphatic rings. The molecule has 4 nitrogen and oxygen atoms in total. The Balaban J connectivity index is 1.95. The number of rotatable bonds is 8. The summed E-state index contributed by atoms with van der Waals surface area (Å²) in [5.41, 5.74) is 3.84. The monoisotopic (exact) mass is 339 g/mol. The standard InChI is InChI=1S/C21H25NO3/c1-2-11-21(20(24)22-12-14-25-15-13-23)18-9-5-3-7-16(18)17-8-4-6-10-19(17)21/h3-10,23H,2,11-15H2,1H3,(H,22,24). The van der Waals surface area contributed by atoms with Gasteiger partial charge in [-0.25, -0.2) is 0 Å². The van der Waals surface area contributed by atoms with Gasteiger partial charge in [0.15, 0.2) is 0 Å². The summed E-state index contributed by atoms with van der Waals surface area (Å²) in [7, 11) is 0. The molecule has 0 spiro atoms. The van der Waals surface area contributed by atoms with Crippen LogP contribution in [-0.2, 0) is 14.9 Å². The second-order valence-electron chi connectivity index (χ2n) is 6.34. The van der Waals surface area contributed by atoms with Gasteiger partial charge in [-0.1, -0.05) is 61.9 Å². The van der Waals surface area contributed by atoms with Crippen molar-refractivity contribution in [2.24, 2.45) is 0 Å². The molecular formula is C21H25NO3. The third kappa shape index (κ3) is 3.08. The number of carbonyl (C=O) groups excluding carboxylic acids is 1. The van der Waals surface area contributed by atoms with E-state index in [0.717, 1.165) is 35.1 Å². The molecule has 0 unspecified atom stereocenters. The zero-order valence-electron chi connectivity index (χ0n) is 14.6. The largest absolute Gasteiger partial charge is 0.394 e. The normalized spacial score (nSPS) is 14.0. The molecule has 2 N–H and O–H groups in total. The summed E-state index contributed by atoms with van der Waals surface area (Å²) in [4.78, 5) is 13.3. The number of ether oxygens (including phenoxy) is 1. The van der Waals surface area contributed by atoms with Crippen LogP contribution < -0.4 is 5.32 Å². The van der Waals surface area contributed by atoms with Crippen molar-refractivity contribution in [2.45, 2.75) is 25.2 Å². The first-order valence-electron chi connectivity index (χ1n) is 8.92. The van der Waals surface area contributed by atoms with Crippen LogP contribution in [-0.4, -0.2) is 37.4 Å². The lowest BCUT2D eigenvalue weighted by molar-refractivity contribution is -0.125. The number of hydrogen-bond donors (Lipinski definition) is 2. The predicted octanol–water partition coefficient (Wildman–Crippen LogP) is 2.88. The van der Waals surface area contributed by atoms with Crippen LogP contribution in [0.2, 0.25) is 0 Å². The molecule has 0 heterocycles. The van der Waals surface area contributed by atoms with Crippen molar-refractivity contribution in [2.75, 3.05) is 26.4 Å². The van der Waals surface area contributed by atoms with Crippen LogP contribution >= 0.6 is 0 Å². The predicted molar refractivity (Wildman–Crippen MR) is 98.5 cm³/mol. The van der Waals surface area contributed by atoms with Crippen LogP contribution in [0.25, 0.3) is 11.1 Å². The van der Waals surface area contributed by atoms with Crippen molar-refractivity contribution in [3.8, 4) is 11.1 Å². The van der Waals surface area contributed by atoms with Crippen molar-refractivity contribution >= 4 is 5.91 Å². The summed E-state index contributed by atoms with van der Waals surface area (Å²) in [6.45, 7) is 3.24. The first-order chi connectivity index (χ1) is 12.3. The lowest BCUT2D eigenvalue weighted by Crippen LogP contribution is -2.45. The fraction of sp³-hybridized carbons (Fsp3) is 0.381. The van der Waals surface area contributed by atoms with E-state index in [2.05, 4.69) is 36.5 Å². The summed E-state index contributed by atoms with van der Waals surface area (Å²) in [5, 5.41) is 11.8. The van der Waals surface area contributed by atoms with Gasteiger partial charge in [0.05, 0.1) is 19.8 Å². The number of amides is 1. The molecule has 0 fully saturated rings. The first kappa shape index (κ1) is 17.6. The van der Waals surface area contributed by atoms with Crippen LogP contribution in [0.4, 0.5) is 0 Å². The summed E-state index contributed by atoms with van der Waals surface area (Å²) in [6, 6.07) is 16.4. The van der Waals surface area contributed by atoms with Gasteiger partial charge in [-0.15, -0.1) is 0 Å². The molecule has 1 aliphatic carbocycles. The SMILES string of the molecule is CCCC1(C(=O)NCCOCCO)c2ccccc2-c2ccccc21. The quantitative estimate of drug-likeness (QED) is 0.727. The van der Waals surface area contributed by atoms with E-state index in [1.165, 1.54) is 0 Å². The Hall–Kier alpha value is -2.17. The maximum Gasteiger partial charge on any atom is 0.235 e. The molecule has 0 saturated carbocycles. The van der Waals surface area contributed by atoms with Crippen molar-refractivity contribution in [3.63, 3.8) is 0 Å². The maximum atomic E-state index is 13.3. The molecule has 3 rings (SSSR count). The number of carbonyl (C=O) groups is 1. The summed E-state index contributed by atoms with van der Waals surface area (Å²) < 4.78 is 5.26. The van der Waals surface area contributed by atoms with Crippen molar-refractivity contribution < 1.29 is 14.6 Å². The van der Waals surface area contributed by atoms with Gasteiger partial charge >= 0.3 is 0 Å². The van der Waals surface area contributed by atoms with Gasteiger partial charge in [0.25, 0.3) is 0 Å². The molecule has 2 aromatic carbocycles. The van der Waals surface area contributed by atoms with E-state index in [0.29, 0.717) is 19.8 Å². The Morgan fingerprint density at radius 2 is 1.64 bits per heavy atom. The minimum Gasteiger partial charge on any atom is -0.394 e. The Labute approximate surface area is 148 Å². The highest BCUT2D eigenvalue weighted by Crippen LogP contribution is 2.51. The molecule has 2 aromatic rings. The minimum atomic E-state index is -0.640. The third-order valence-electron chi connectivity index (χ3n) is 4.84. The van der Waals surface area contributed by atoms with Gasteiger partial charge in [0.2, 0.25) is 5.91 Å². The van der Waals surface area contributed by atoms with Gasteiger partial charge in [-0.05, 0) is 28.7 Å². The molecular weight excluding hydrogens is 314 g/mol. The highest BCUT2D eigenvalue weighted by atomic mass is 16.5. The molecule has 0 atom stereocenters. The second-order valence-corrected chi connectivity index (χ2v) is 6.34. The number of aliphatic hydroxyl groups excluding tert-OH is 1. The Morgan fingerprint density at radius 3 is 2.20 bits per heavy atom. The van der Waals surface area contributed by atoms with E-state index < -0.39 is 5.41 Å². The molecule has 132 valence electrons. The zero-order chi connectivity index (χ0) is 17.7. The summed E-state index contributed by atoms with van der Waals surface area (Å²) in [5.74, 6) is 0.0272. The molecule has 0 bridgehead atoms. The van der Waals surface area contributed by atoms with E-state index in [1.54, 1.807) is 0 Å². The second kappa shape index (κ2) is 7.81. The molecule has 0 radical (unpaired) electrons. The number of nitrogens with one attached hydrogen (secondary N) is 1. The third-order valence-corrected chi connectivity index (χ3v) is 4.84. The van der Waals surface area contributed by atoms with Gasteiger partial charge in [-0.2, -0.15) is 0 Å². The fourth-order valence-corrected chi connectivity index (χ4v) is 3.88. The highest BCUT2D eigenvalue weighted by Gasteiger charge is 2.47. The van der Waals surface area contributed by atoms with Gasteiger partial charge in [-0.3, -0.25) is 4.79 Å². The fourth-order valence-electron chi connectivity index (χ4n) is 3.88. The van der Waals surface area contributed by atoms with Crippen LogP contribution in [0.1, 0.15) is 30.9 Å². The number of fused-ring (bicyclic) bond motifs is 3. The molecule has 4 heteroatoms. The van der Waals surface area contributed by atoms with Crippen LogP contribution in [0.3, 0.4) is 0 Å². The smallest absolute Gasteiger partial charge is 0.235 e. The van der Waals surface area contributed by atoms with Gasteiger partial charge in [0.1, 0.15) is 5.41 Å². The van der Waals surface area contributed by atoms with E-state index in [4.69, 9.17) is 9.84 Å². The van der Waals surface area contributed by atoms with E-state index in [9.17, 15) is 4.79 Å². The lowest BCUT2D eigenvalue weighted by atomic mass is 9.74. The molecule has 25 heavy (non-hydrogen) atoms. The highest BCUT2D eigenvalue weighted by molar-refractivity contribution is 6.00. The van der Waals surface area contributed by atoms with Gasteiger partial charge < -0.3 is 15.2 Å². The van der Waals surface area contributed by atoms with Crippen molar-refractivity contribution in [3.05, 3.63) is 59.7 Å². The Morgan fingerprint density at radius 1 is 1.04 bits per heavy atom. The number of aliphatic hydroxyl groups is 1. The Bertz CT molecular complexity index is 696. The van der Waals surface area contributed by atoms with E-state index in [-0.39, 0.29) is 12.5 Å². The van der Waals surface area contributed by atoms with Gasteiger partial charge in [0, 0.05) is 6.54 Å². The average molecular weight is 339 g/mol. The summed E-state index contributed by atoms with van der Waals surface area (Å²) >= 11 is 0. The number of hydrogen-bond acceptors (Lipinski definition) is 3. The first-order valence-corrected chi connectivity index (χ1v) is 8.92. The topological polar surface area (TPSA) is 58.6 Å².